The van der Waals surface area contributed by atoms with Crippen LogP contribution in [0, 0.1) is 19.3 Å². The number of nitrogens with one attached hydrogen (secondary N) is 3. The van der Waals surface area contributed by atoms with Gasteiger partial charge < -0.3 is 30.8 Å². The van der Waals surface area contributed by atoms with Crippen LogP contribution in [-0.4, -0.2) is 44.2 Å². The first-order valence-electron chi connectivity index (χ1n) is 10.1. The Bertz CT molecular complexity index is 1120. The van der Waals surface area contributed by atoms with Crippen LogP contribution in [0.25, 0.3) is 0 Å². The molecule has 0 bridgehead atoms. The highest BCUT2D eigenvalue weighted by atomic mass is 16.5. The van der Waals surface area contributed by atoms with Gasteiger partial charge in [-0.3, -0.25) is 4.79 Å². The van der Waals surface area contributed by atoms with Gasteiger partial charge in [0.1, 0.15) is 11.6 Å². The van der Waals surface area contributed by atoms with E-state index < -0.39 is 18.2 Å². The number of anilines is 2. The van der Waals surface area contributed by atoms with E-state index >= 15 is 0 Å². The molecule has 1 unspecified atom stereocenters. The molecule has 168 valence electrons. The Labute approximate surface area is 186 Å². The third-order valence-electron chi connectivity index (χ3n) is 4.99. The number of carbonyl (C=O) groups excluding carboxylic acids is 1. The lowest BCUT2D eigenvalue weighted by atomic mass is 9.92. The van der Waals surface area contributed by atoms with E-state index in [9.17, 15) is 15.0 Å². The number of amides is 1. The number of aliphatic hydroxyl groups excluding tert-OH is 1. The third kappa shape index (κ3) is 5.19. The summed E-state index contributed by atoms with van der Waals surface area (Å²) >= 11 is 0. The number of hydrogen-bond acceptors (Lipinski definition) is 8. The number of benzene rings is 2. The van der Waals surface area contributed by atoms with Crippen molar-refractivity contribution in [2.24, 2.45) is 0 Å². The van der Waals surface area contributed by atoms with Gasteiger partial charge in [0.05, 0.1) is 12.3 Å². The van der Waals surface area contributed by atoms with Gasteiger partial charge in [0.25, 0.3) is 5.91 Å². The van der Waals surface area contributed by atoms with E-state index in [-0.39, 0.29) is 11.6 Å². The Hall–Kier alpha value is -3.56. The quantitative estimate of drug-likeness (QED) is 0.341. The van der Waals surface area contributed by atoms with Crippen molar-refractivity contribution in [2.75, 3.05) is 11.9 Å². The Kier molecular flexibility index (Phi) is 6.71. The van der Waals surface area contributed by atoms with Crippen molar-refractivity contribution >= 4 is 23.0 Å². The van der Waals surface area contributed by atoms with E-state index in [4.69, 9.17) is 9.93 Å². The lowest BCUT2D eigenvalue weighted by Gasteiger charge is -2.24. The molecule has 3 aromatic rings. The zero-order valence-corrected chi connectivity index (χ0v) is 18.4. The molecule has 0 aliphatic carbocycles. The highest BCUT2D eigenvalue weighted by molar-refractivity contribution is 6.09. The fourth-order valence-corrected chi connectivity index (χ4v) is 3.00. The Balaban J connectivity index is 1.93. The van der Waals surface area contributed by atoms with Crippen molar-refractivity contribution in [1.29, 1.82) is 5.41 Å². The zero-order chi connectivity index (χ0) is 23.5. The molecule has 5 N–H and O–H groups in total. The second-order valence-corrected chi connectivity index (χ2v) is 7.93. The summed E-state index contributed by atoms with van der Waals surface area (Å²) in [6.07, 6.45) is 0. The lowest BCUT2D eigenvalue weighted by Crippen LogP contribution is -2.39. The molecule has 0 fully saturated rings. The summed E-state index contributed by atoms with van der Waals surface area (Å²) in [5.41, 5.74) is 1.07. The predicted molar refractivity (Wildman–Crippen MR) is 120 cm³/mol. The van der Waals surface area contributed by atoms with E-state index in [1.807, 2.05) is 31.2 Å². The largest absolute Gasteiger partial charge is 0.393 e. The maximum atomic E-state index is 12.8. The molecule has 2 atom stereocenters. The summed E-state index contributed by atoms with van der Waals surface area (Å²) in [5.74, 6) is 0.406. The molecule has 0 radical (unpaired) electrons. The molecule has 0 saturated heterocycles. The molecule has 0 saturated carbocycles. The molecule has 1 heterocycles. The smallest absolute Gasteiger partial charge is 0.251 e. The topological polar surface area (TPSA) is 144 Å². The standard InChI is InChI=1S/C23H27N5O4/c1-13-5-8-17(9-6-13)27-19-11-16(7-10-18(19)20(24)23(4,31)12-29)21(30)25-14(2)22-26-15(3)28-32-22/h5-11,14,24,27,29,31H,12H2,1-4H3,(H,25,30)/t14-,23?/m1/s1. The molecule has 9 nitrogen and oxygen atoms in total. The summed E-state index contributed by atoms with van der Waals surface area (Å²) in [6.45, 7) is 6.15. The third-order valence-corrected chi connectivity index (χ3v) is 4.99. The monoisotopic (exact) mass is 437 g/mol. The van der Waals surface area contributed by atoms with Crippen LogP contribution in [0.3, 0.4) is 0 Å². The van der Waals surface area contributed by atoms with Gasteiger partial charge in [-0.15, -0.1) is 0 Å². The second kappa shape index (κ2) is 9.29. The van der Waals surface area contributed by atoms with E-state index in [1.54, 1.807) is 32.0 Å². The fourth-order valence-electron chi connectivity index (χ4n) is 3.00. The zero-order valence-electron chi connectivity index (χ0n) is 18.4. The molecule has 1 amide bonds. The van der Waals surface area contributed by atoms with Gasteiger partial charge in [0.15, 0.2) is 5.82 Å². The van der Waals surface area contributed by atoms with Crippen molar-refractivity contribution in [3.8, 4) is 0 Å². The molecule has 1 aromatic heterocycles. The first-order valence-corrected chi connectivity index (χ1v) is 10.1. The molecule has 2 aromatic carbocycles. The number of carbonyl (C=O) groups is 1. The van der Waals surface area contributed by atoms with E-state index in [1.165, 1.54) is 6.92 Å². The highest BCUT2D eigenvalue weighted by Gasteiger charge is 2.29. The molecular formula is C23H27N5O4. The van der Waals surface area contributed by atoms with Gasteiger partial charge in [-0.1, -0.05) is 28.9 Å². The van der Waals surface area contributed by atoms with Crippen LogP contribution in [0.1, 0.15) is 53.1 Å². The predicted octanol–water partition coefficient (Wildman–Crippen LogP) is 3.03. The van der Waals surface area contributed by atoms with Crippen molar-refractivity contribution in [3.63, 3.8) is 0 Å². The molecule has 9 heteroatoms. The average Bonchev–Trinajstić information content (AvgIpc) is 3.21. The van der Waals surface area contributed by atoms with E-state index in [0.717, 1.165) is 11.3 Å². The minimum atomic E-state index is -1.74. The van der Waals surface area contributed by atoms with Gasteiger partial charge in [-0.25, -0.2) is 0 Å². The average molecular weight is 438 g/mol. The van der Waals surface area contributed by atoms with Crippen molar-refractivity contribution in [1.82, 2.24) is 15.5 Å². The van der Waals surface area contributed by atoms with E-state index in [0.29, 0.717) is 28.5 Å². The number of hydrogen-bond donors (Lipinski definition) is 5. The molecule has 0 aliphatic heterocycles. The SMILES string of the molecule is Cc1ccc(Nc2cc(C(=O)N[C@H](C)c3nc(C)no3)ccc2C(=N)C(C)(O)CO)cc1. The summed E-state index contributed by atoms with van der Waals surface area (Å²) in [6, 6.07) is 11.8. The van der Waals surface area contributed by atoms with Gasteiger partial charge in [0.2, 0.25) is 5.89 Å². The Morgan fingerprint density at radius 1 is 1.22 bits per heavy atom. The molecule has 0 aliphatic rings. The summed E-state index contributed by atoms with van der Waals surface area (Å²) in [5, 5.41) is 38.0. The van der Waals surface area contributed by atoms with Crippen LogP contribution in [0.5, 0.6) is 0 Å². The van der Waals surface area contributed by atoms with Gasteiger partial charge in [0, 0.05) is 22.5 Å². The van der Waals surface area contributed by atoms with Crippen LogP contribution in [0.4, 0.5) is 11.4 Å². The lowest BCUT2D eigenvalue weighted by molar-refractivity contribution is 0.0603. The van der Waals surface area contributed by atoms with Crippen LogP contribution >= 0.6 is 0 Å². The summed E-state index contributed by atoms with van der Waals surface area (Å²) < 4.78 is 5.11. The fraction of sp³-hybridized carbons (Fsp3) is 0.304. The minimum absolute atomic E-state index is 0.170. The number of rotatable bonds is 8. The Morgan fingerprint density at radius 2 is 1.91 bits per heavy atom. The number of aliphatic hydroxyl groups is 2. The Morgan fingerprint density at radius 3 is 2.50 bits per heavy atom. The van der Waals surface area contributed by atoms with Gasteiger partial charge in [-0.2, -0.15) is 4.98 Å². The first-order chi connectivity index (χ1) is 15.1. The number of nitrogens with zero attached hydrogens (tertiary/aromatic N) is 2. The maximum Gasteiger partial charge on any atom is 0.251 e. The molecule has 3 rings (SSSR count). The molecule has 0 spiro atoms. The van der Waals surface area contributed by atoms with Gasteiger partial charge in [-0.05, 0) is 52.0 Å². The minimum Gasteiger partial charge on any atom is -0.393 e. The normalized spacial score (nSPS) is 13.8. The van der Waals surface area contributed by atoms with Crippen molar-refractivity contribution < 1.29 is 19.5 Å². The van der Waals surface area contributed by atoms with Crippen molar-refractivity contribution in [2.45, 2.75) is 39.3 Å². The number of aryl methyl sites for hydroxylation is 2. The highest BCUT2D eigenvalue weighted by Crippen LogP contribution is 2.27. The second-order valence-electron chi connectivity index (χ2n) is 7.93. The summed E-state index contributed by atoms with van der Waals surface area (Å²) in [4.78, 5) is 17.0. The maximum absolute atomic E-state index is 12.8. The first kappa shape index (κ1) is 23.1. The van der Waals surface area contributed by atoms with E-state index in [2.05, 4.69) is 20.8 Å². The molecule has 32 heavy (non-hydrogen) atoms. The van der Waals surface area contributed by atoms with Crippen molar-refractivity contribution in [3.05, 3.63) is 70.9 Å². The number of aromatic nitrogens is 2. The van der Waals surface area contributed by atoms with Crippen LogP contribution < -0.4 is 10.6 Å². The van der Waals surface area contributed by atoms with Crippen LogP contribution in [0.2, 0.25) is 0 Å². The molecular weight excluding hydrogens is 410 g/mol. The summed E-state index contributed by atoms with van der Waals surface area (Å²) in [7, 11) is 0. The van der Waals surface area contributed by atoms with Crippen LogP contribution in [0.15, 0.2) is 47.0 Å². The van der Waals surface area contributed by atoms with Crippen LogP contribution in [-0.2, 0) is 0 Å². The van der Waals surface area contributed by atoms with Gasteiger partial charge >= 0.3 is 0 Å².